The first-order valence-corrected chi connectivity index (χ1v) is 8.10. The lowest BCUT2D eigenvalue weighted by molar-refractivity contribution is -0.133. The van der Waals surface area contributed by atoms with Crippen LogP contribution in [0.25, 0.3) is 0 Å². The monoisotopic (exact) mass is 304 g/mol. The number of fused-ring (bicyclic) bond motifs is 1. The van der Waals surface area contributed by atoms with Crippen LogP contribution in [-0.2, 0) is 22.5 Å². The van der Waals surface area contributed by atoms with Crippen molar-refractivity contribution < 1.29 is 9.53 Å². The van der Waals surface area contributed by atoms with Gasteiger partial charge in [0.1, 0.15) is 5.82 Å². The molecule has 0 spiro atoms. The fourth-order valence-electron chi connectivity index (χ4n) is 3.21. The average Bonchev–Trinajstić information content (AvgIpc) is 2.59. The molecule has 120 valence electrons. The smallest absolute Gasteiger partial charge is 0.224 e. The second-order valence-corrected chi connectivity index (χ2v) is 6.05. The molecule has 1 amide bonds. The highest BCUT2D eigenvalue weighted by atomic mass is 16.5. The molecule has 1 N–H and O–H groups in total. The largest absolute Gasteiger partial charge is 0.384 e. The van der Waals surface area contributed by atoms with E-state index in [1.54, 1.807) is 7.11 Å². The van der Waals surface area contributed by atoms with Crippen LogP contribution in [0, 0.1) is 0 Å². The maximum absolute atomic E-state index is 12.2. The highest BCUT2D eigenvalue weighted by Crippen LogP contribution is 2.25. The van der Waals surface area contributed by atoms with Crippen LogP contribution < -0.4 is 5.32 Å². The van der Waals surface area contributed by atoms with E-state index in [0.29, 0.717) is 13.0 Å². The first-order valence-electron chi connectivity index (χ1n) is 8.10. The van der Waals surface area contributed by atoms with Crippen LogP contribution in [0.4, 0.5) is 0 Å². The number of methoxy groups -OCH3 is 1. The predicted octanol–water partition coefficient (Wildman–Crippen LogP) is 0.865. The van der Waals surface area contributed by atoms with Gasteiger partial charge in [0, 0.05) is 63.1 Å². The number of rotatable bonds is 4. The van der Waals surface area contributed by atoms with Crippen molar-refractivity contribution in [3.05, 3.63) is 23.3 Å². The van der Waals surface area contributed by atoms with Gasteiger partial charge >= 0.3 is 0 Å². The molecule has 22 heavy (non-hydrogen) atoms. The Bertz CT molecular complexity index is 535. The number of nitrogens with zero attached hydrogens (tertiary/aromatic N) is 3. The van der Waals surface area contributed by atoms with Crippen molar-refractivity contribution in [2.24, 2.45) is 0 Å². The van der Waals surface area contributed by atoms with Gasteiger partial charge in [-0.05, 0) is 12.8 Å². The summed E-state index contributed by atoms with van der Waals surface area (Å²) in [5.41, 5.74) is 2.38. The number of hydrogen-bond donors (Lipinski definition) is 1. The minimum Gasteiger partial charge on any atom is -0.384 e. The van der Waals surface area contributed by atoms with Crippen LogP contribution in [0.3, 0.4) is 0 Å². The molecule has 1 fully saturated rings. The van der Waals surface area contributed by atoms with Crippen molar-refractivity contribution in [3.8, 4) is 0 Å². The third-order valence-electron chi connectivity index (χ3n) is 4.49. The van der Waals surface area contributed by atoms with Crippen LogP contribution in [-0.4, -0.2) is 54.1 Å². The standard InChI is InChI=1S/C16H24N4O2/c1-22-8-5-15(21)20-7-2-3-12(11-20)16-18-10-13-9-17-6-4-14(13)19-16/h10,12,17H,2-9,11H2,1H3/t12-/m1/s1. The molecule has 0 aliphatic carbocycles. The van der Waals surface area contributed by atoms with Gasteiger partial charge in [0.25, 0.3) is 0 Å². The number of aromatic nitrogens is 2. The Morgan fingerprint density at radius 1 is 1.55 bits per heavy atom. The number of amides is 1. The molecule has 3 heterocycles. The van der Waals surface area contributed by atoms with Gasteiger partial charge < -0.3 is 15.0 Å². The SMILES string of the molecule is COCCC(=O)N1CCC[C@@H](c2ncc3c(n2)CCNC3)C1. The van der Waals surface area contributed by atoms with Crippen LogP contribution in [0.2, 0.25) is 0 Å². The molecule has 0 radical (unpaired) electrons. The summed E-state index contributed by atoms with van der Waals surface area (Å²) in [6.45, 7) is 3.91. The summed E-state index contributed by atoms with van der Waals surface area (Å²) in [6.07, 6.45) is 5.46. The van der Waals surface area contributed by atoms with E-state index in [-0.39, 0.29) is 11.8 Å². The predicted molar refractivity (Wildman–Crippen MR) is 82.5 cm³/mol. The minimum absolute atomic E-state index is 0.175. The lowest BCUT2D eigenvalue weighted by atomic mass is 9.96. The van der Waals surface area contributed by atoms with Crippen molar-refractivity contribution in [3.63, 3.8) is 0 Å². The molecular formula is C16H24N4O2. The number of carbonyl (C=O) groups is 1. The number of nitrogens with one attached hydrogen (secondary N) is 1. The summed E-state index contributed by atoms with van der Waals surface area (Å²) in [4.78, 5) is 23.4. The zero-order valence-electron chi connectivity index (χ0n) is 13.2. The van der Waals surface area contributed by atoms with Crippen LogP contribution in [0.1, 0.15) is 42.3 Å². The first kappa shape index (κ1) is 15.4. The molecular weight excluding hydrogens is 280 g/mol. The van der Waals surface area contributed by atoms with Gasteiger partial charge in [-0.3, -0.25) is 4.79 Å². The fraction of sp³-hybridized carbons (Fsp3) is 0.688. The van der Waals surface area contributed by atoms with Crippen molar-refractivity contribution in [2.45, 2.75) is 38.1 Å². The van der Waals surface area contributed by atoms with E-state index >= 15 is 0 Å². The van der Waals surface area contributed by atoms with Crippen LogP contribution >= 0.6 is 0 Å². The second-order valence-electron chi connectivity index (χ2n) is 6.05. The Labute approximate surface area is 131 Å². The van der Waals surface area contributed by atoms with Crippen molar-refractivity contribution in [2.75, 3.05) is 33.4 Å². The first-order chi connectivity index (χ1) is 10.8. The van der Waals surface area contributed by atoms with Gasteiger partial charge in [-0.15, -0.1) is 0 Å². The molecule has 1 atom stereocenters. The third kappa shape index (κ3) is 3.44. The third-order valence-corrected chi connectivity index (χ3v) is 4.49. The van der Waals surface area contributed by atoms with E-state index in [4.69, 9.17) is 9.72 Å². The molecule has 2 aliphatic rings. The zero-order valence-corrected chi connectivity index (χ0v) is 13.2. The minimum atomic E-state index is 0.175. The Kier molecular flexibility index (Phi) is 5.00. The Morgan fingerprint density at radius 2 is 2.45 bits per heavy atom. The Balaban J connectivity index is 1.68. The van der Waals surface area contributed by atoms with E-state index in [1.165, 1.54) is 11.3 Å². The van der Waals surface area contributed by atoms with E-state index < -0.39 is 0 Å². The number of ether oxygens (including phenoxy) is 1. The van der Waals surface area contributed by atoms with Gasteiger partial charge in [0.05, 0.1) is 13.0 Å². The molecule has 1 aromatic heterocycles. The summed E-state index contributed by atoms with van der Waals surface area (Å²) >= 11 is 0. The molecule has 6 nitrogen and oxygen atoms in total. The molecule has 0 aromatic carbocycles. The molecule has 2 aliphatic heterocycles. The van der Waals surface area contributed by atoms with Crippen LogP contribution in [0.5, 0.6) is 0 Å². The van der Waals surface area contributed by atoms with Gasteiger partial charge in [-0.25, -0.2) is 9.97 Å². The molecule has 3 rings (SSSR count). The summed E-state index contributed by atoms with van der Waals surface area (Å²) in [5.74, 6) is 1.35. The molecule has 0 unspecified atom stereocenters. The second kappa shape index (κ2) is 7.15. The molecule has 6 heteroatoms. The fourth-order valence-corrected chi connectivity index (χ4v) is 3.21. The van der Waals surface area contributed by atoms with E-state index in [2.05, 4.69) is 10.3 Å². The Morgan fingerprint density at radius 3 is 3.32 bits per heavy atom. The highest BCUT2D eigenvalue weighted by molar-refractivity contribution is 5.76. The van der Waals surface area contributed by atoms with E-state index in [1.807, 2.05) is 11.1 Å². The summed E-state index contributed by atoms with van der Waals surface area (Å²) < 4.78 is 5.00. The number of piperidine rings is 1. The summed E-state index contributed by atoms with van der Waals surface area (Å²) in [7, 11) is 1.63. The lowest BCUT2D eigenvalue weighted by Crippen LogP contribution is -2.40. The van der Waals surface area contributed by atoms with E-state index in [9.17, 15) is 4.79 Å². The zero-order chi connectivity index (χ0) is 15.4. The van der Waals surface area contributed by atoms with Crippen LogP contribution in [0.15, 0.2) is 6.20 Å². The molecule has 1 aromatic rings. The van der Waals surface area contributed by atoms with Gasteiger partial charge in [-0.1, -0.05) is 0 Å². The molecule has 0 saturated carbocycles. The van der Waals surface area contributed by atoms with Crippen molar-refractivity contribution >= 4 is 5.91 Å². The van der Waals surface area contributed by atoms with Crippen molar-refractivity contribution in [1.82, 2.24) is 20.2 Å². The molecule has 1 saturated heterocycles. The highest BCUT2D eigenvalue weighted by Gasteiger charge is 2.27. The maximum atomic E-state index is 12.2. The normalized spacial score (nSPS) is 21.5. The number of carbonyl (C=O) groups excluding carboxylic acids is 1. The molecule has 0 bridgehead atoms. The van der Waals surface area contributed by atoms with E-state index in [0.717, 1.165) is 51.3 Å². The topological polar surface area (TPSA) is 67.3 Å². The maximum Gasteiger partial charge on any atom is 0.224 e. The van der Waals surface area contributed by atoms with Gasteiger partial charge in [0.2, 0.25) is 5.91 Å². The quantitative estimate of drug-likeness (QED) is 0.894. The number of likely N-dealkylation sites (tertiary alicyclic amines) is 1. The Hall–Kier alpha value is -1.53. The average molecular weight is 304 g/mol. The van der Waals surface area contributed by atoms with Crippen molar-refractivity contribution in [1.29, 1.82) is 0 Å². The van der Waals surface area contributed by atoms with Gasteiger partial charge in [0.15, 0.2) is 0 Å². The summed E-state index contributed by atoms with van der Waals surface area (Å²) in [5, 5.41) is 3.34. The summed E-state index contributed by atoms with van der Waals surface area (Å²) in [6, 6.07) is 0. The van der Waals surface area contributed by atoms with Gasteiger partial charge in [-0.2, -0.15) is 0 Å². The lowest BCUT2D eigenvalue weighted by Gasteiger charge is -2.32. The number of hydrogen-bond acceptors (Lipinski definition) is 5.